The molecule has 4 heteroatoms. The molecule has 182 valence electrons. The molecule has 1 aromatic carbocycles. The molecule has 0 aromatic heterocycles. The van der Waals surface area contributed by atoms with Crippen molar-refractivity contribution in [2.24, 2.45) is 0 Å². The molecule has 4 atom stereocenters. The van der Waals surface area contributed by atoms with Crippen molar-refractivity contribution in [1.82, 2.24) is 0 Å². The van der Waals surface area contributed by atoms with Crippen molar-refractivity contribution in [2.75, 3.05) is 13.2 Å². The van der Waals surface area contributed by atoms with E-state index >= 15 is 0 Å². The van der Waals surface area contributed by atoms with Gasteiger partial charge in [0.2, 0.25) is 0 Å². The van der Waals surface area contributed by atoms with Gasteiger partial charge in [0.15, 0.2) is 6.29 Å². The van der Waals surface area contributed by atoms with E-state index in [1.807, 2.05) is 0 Å². The first-order valence-corrected chi connectivity index (χ1v) is 13.5. The van der Waals surface area contributed by atoms with Crippen molar-refractivity contribution in [3.8, 4) is 5.75 Å². The van der Waals surface area contributed by atoms with E-state index in [4.69, 9.17) is 18.9 Å². The lowest BCUT2D eigenvalue weighted by molar-refractivity contribution is -0.286. The summed E-state index contributed by atoms with van der Waals surface area (Å²) in [5.41, 5.74) is 1.23. The second kappa shape index (κ2) is 14.9. The molecule has 0 unspecified atom stereocenters. The molecule has 1 aromatic rings. The minimum atomic E-state index is -0.0409. The van der Waals surface area contributed by atoms with E-state index in [9.17, 15) is 0 Å². The van der Waals surface area contributed by atoms with Crippen LogP contribution in [-0.2, 0) is 14.2 Å². The van der Waals surface area contributed by atoms with E-state index in [1.54, 1.807) is 0 Å². The third kappa shape index (κ3) is 8.68. The van der Waals surface area contributed by atoms with E-state index in [-0.39, 0.29) is 24.6 Å². The fourth-order valence-electron chi connectivity index (χ4n) is 4.77. The lowest BCUT2D eigenvalue weighted by Gasteiger charge is -2.42. The number of rotatable bonds is 15. The topological polar surface area (TPSA) is 36.9 Å². The van der Waals surface area contributed by atoms with Gasteiger partial charge in [-0.05, 0) is 49.8 Å². The van der Waals surface area contributed by atoms with Crippen LogP contribution >= 0.6 is 0 Å². The Morgan fingerprint density at radius 2 is 1.44 bits per heavy atom. The van der Waals surface area contributed by atoms with E-state index in [0.717, 1.165) is 38.0 Å². The van der Waals surface area contributed by atoms with E-state index < -0.39 is 0 Å². The highest BCUT2D eigenvalue weighted by molar-refractivity contribution is 5.29. The molecule has 4 nitrogen and oxygen atoms in total. The predicted molar refractivity (Wildman–Crippen MR) is 130 cm³/mol. The highest BCUT2D eigenvalue weighted by atomic mass is 16.7. The molecule has 32 heavy (non-hydrogen) atoms. The second-order valence-corrected chi connectivity index (χ2v) is 9.57. The van der Waals surface area contributed by atoms with E-state index in [1.165, 1.54) is 69.8 Å². The standard InChI is InChI=1S/C28H46O4/c1-3-5-7-9-10-11-12-14-28-30-22-27-26(32-28)20-19-25(31-27)23-15-17-24(18-16-23)29-21-13-8-6-4-2/h15-18,25-28H,3-14,19-22H2,1-2H3/t25-,26+,27-,28-/m1/s1. The Morgan fingerprint density at radius 3 is 2.19 bits per heavy atom. The maximum Gasteiger partial charge on any atom is 0.158 e. The predicted octanol–water partition coefficient (Wildman–Crippen LogP) is 7.75. The number of fused-ring (bicyclic) bond motifs is 1. The maximum atomic E-state index is 6.38. The lowest BCUT2D eigenvalue weighted by atomic mass is 9.95. The monoisotopic (exact) mass is 446 g/mol. The number of benzene rings is 1. The van der Waals surface area contributed by atoms with Crippen LogP contribution in [0.1, 0.15) is 115 Å². The zero-order valence-corrected chi connectivity index (χ0v) is 20.6. The smallest absolute Gasteiger partial charge is 0.158 e. The van der Waals surface area contributed by atoms with Crippen LogP contribution in [-0.4, -0.2) is 31.7 Å². The largest absolute Gasteiger partial charge is 0.494 e. The minimum Gasteiger partial charge on any atom is -0.494 e. The minimum absolute atomic E-state index is 0.0409. The Labute approximate surface area is 196 Å². The van der Waals surface area contributed by atoms with Crippen molar-refractivity contribution >= 4 is 0 Å². The molecule has 0 radical (unpaired) electrons. The molecular formula is C28H46O4. The Hall–Kier alpha value is -1.10. The first-order valence-electron chi connectivity index (χ1n) is 13.5. The zero-order valence-electron chi connectivity index (χ0n) is 20.6. The lowest BCUT2D eigenvalue weighted by Crippen LogP contribution is -2.48. The highest BCUT2D eigenvalue weighted by Crippen LogP contribution is 2.36. The van der Waals surface area contributed by atoms with Crippen LogP contribution in [0.2, 0.25) is 0 Å². The van der Waals surface area contributed by atoms with Gasteiger partial charge in [0.25, 0.3) is 0 Å². The van der Waals surface area contributed by atoms with E-state index in [0.29, 0.717) is 6.61 Å². The van der Waals surface area contributed by atoms with Crippen molar-refractivity contribution in [2.45, 2.75) is 128 Å². The average Bonchev–Trinajstić information content (AvgIpc) is 2.83. The first-order chi connectivity index (χ1) is 15.8. The molecule has 0 N–H and O–H groups in total. The van der Waals surface area contributed by atoms with Gasteiger partial charge >= 0.3 is 0 Å². The van der Waals surface area contributed by atoms with Crippen LogP contribution in [0, 0.1) is 0 Å². The number of hydrogen-bond donors (Lipinski definition) is 0. The third-order valence-electron chi connectivity index (χ3n) is 6.80. The molecule has 3 rings (SSSR count). The summed E-state index contributed by atoms with van der Waals surface area (Å²) >= 11 is 0. The highest BCUT2D eigenvalue weighted by Gasteiger charge is 2.38. The molecule has 0 spiro atoms. The van der Waals surface area contributed by atoms with Gasteiger partial charge in [-0.3, -0.25) is 0 Å². The second-order valence-electron chi connectivity index (χ2n) is 9.57. The molecule has 2 aliphatic rings. The average molecular weight is 447 g/mol. The van der Waals surface area contributed by atoms with Crippen LogP contribution in [0.25, 0.3) is 0 Å². The van der Waals surface area contributed by atoms with Crippen molar-refractivity contribution in [3.05, 3.63) is 29.8 Å². The van der Waals surface area contributed by atoms with Crippen molar-refractivity contribution in [1.29, 1.82) is 0 Å². The van der Waals surface area contributed by atoms with Gasteiger partial charge in [-0.2, -0.15) is 0 Å². The maximum absolute atomic E-state index is 6.38. The van der Waals surface area contributed by atoms with E-state index in [2.05, 4.69) is 38.1 Å². The summed E-state index contributed by atoms with van der Waals surface area (Å²) < 4.78 is 24.5. The molecule has 0 amide bonds. The normalized spacial score (nSPS) is 25.4. The first kappa shape index (κ1) is 25.5. The Kier molecular flexibility index (Phi) is 11.9. The van der Waals surface area contributed by atoms with Crippen LogP contribution < -0.4 is 4.74 Å². The SMILES string of the molecule is CCCCCCCCC[C@@H]1OC[C@H]2O[C@@H](c3ccc(OCCCCCC)cc3)CC[C@@H]2O1. The summed E-state index contributed by atoms with van der Waals surface area (Å²) in [4.78, 5) is 0. The van der Waals surface area contributed by atoms with Crippen LogP contribution in [0.3, 0.4) is 0 Å². The molecule has 2 heterocycles. The third-order valence-corrected chi connectivity index (χ3v) is 6.80. The number of hydrogen-bond acceptors (Lipinski definition) is 4. The number of unbranched alkanes of at least 4 members (excludes halogenated alkanes) is 9. The quantitative estimate of drug-likeness (QED) is 0.258. The van der Waals surface area contributed by atoms with Gasteiger partial charge in [0, 0.05) is 0 Å². The summed E-state index contributed by atoms with van der Waals surface area (Å²) in [5.74, 6) is 0.955. The molecule has 0 aliphatic carbocycles. The van der Waals surface area contributed by atoms with Gasteiger partial charge in [0.1, 0.15) is 11.9 Å². The Morgan fingerprint density at radius 1 is 0.750 bits per heavy atom. The summed E-state index contributed by atoms with van der Waals surface area (Å²) in [7, 11) is 0. The van der Waals surface area contributed by atoms with Gasteiger partial charge in [-0.25, -0.2) is 0 Å². The fraction of sp³-hybridized carbons (Fsp3) is 0.786. The number of ether oxygens (including phenoxy) is 4. The molecule has 2 aliphatic heterocycles. The van der Waals surface area contributed by atoms with Crippen LogP contribution in [0.5, 0.6) is 5.75 Å². The molecule has 2 saturated heterocycles. The summed E-state index contributed by atoms with van der Waals surface area (Å²) in [6.45, 7) is 5.96. The van der Waals surface area contributed by atoms with Gasteiger partial charge in [-0.15, -0.1) is 0 Å². The molecule has 0 bridgehead atoms. The fourth-order valence-corrected chi connectivity index (χ4v) is 4.77. The summed E-state index contributed by atoms with van der Waals surface area (Å²) in [5, 5.41) is 0. The van der Waals surface area contributed by atoms with Crippen molar-refractivity contribution < 1.29 is 18.9 Å². The van der Waals surface area contributed by atoms with Gasteiger partial charge < -0.3 is 18.9 Å². The molecule has 2 fully saturated rings. The van der Waals surface area contributed by atoms with Crippen LogP contribution in [0.4, 0.5) is 0 Å². The van der Waals surface area contributed by atoms with Gasteiger partial charge in [-0.1, -0.05) is 83.8 Å². The molecular weight excluding hydrogens is 400 g/mol. The molecule has 0 saturated carbocycles. The summed E-state index contributed by atoms with van der Waals surface area (Å²) in [6, 6.07) is 8.47. The van der Waals surface area contributed by atoms with Gasteiger partial charge in [0.05, 0.1) is 25.4 Å². The van der Waals surface area contributed by atoms with Crippen LogP contribution in [0.15, 0.2) is 24.3 Å². The summed E-state index contributed by atoms with van der Waals surface area (Å²) in [6.07, 6.45) is 17.6. The Balaban J connectivity index is 1.32. The zero-order chi connectivity index (χ0) is 22.4. The van der Waals surface area contributed by atoms with Crippen molar-refractivity contribution in [3.63, 3.8) is 0 Å². The Bertz CT molecular complexity index is 602.